The number of ether oxygens (including phenoxy) is 1. The van der Waals surface area contributed by atoms with E-state index in [4.69, 9.17) is 4.74 Å². The number of nitrogens with one attached hydrogen (secondary N) is 1. The third-order valence-corrected chi connectivity index (χ3v) is 5.31. The van der Waals surface area contributed by atoms with E-state index in [-0.39, 0.29) is 23.0 Å². The Morgan fingerprint density at radius 2 is 1.96 bits per heavy atom. The van der Waals surface area contributed by atoms with Gasteiger partial charge in [0.25, 0.3) is 5.56 Å². The SMILES string of the molecule is O=c1c(NS(=O)(=O)CCc2ccccc2)cccn1C1CCOC1. The second-order valence-corrected chi connectivity index (χ2v) is 7.65. The zero-order valence-corrected chi connectivity index (χ0v) is 14.0. The van der Waals surface area contributed by atoms with Crippen molar-refractivity contribution in [3.8, 4) is 0 Å². The number of anilines is 1. The molecule has 1 aliphatic heterocycles. The smallest absolute Gasteiger partial charge is 0.275 e. The number of hydrogen-bond acceptors (Lipinski definition) is 4. The lowest BCUT2D eigenvalue weighted by Crippen LogP contribution is -2.29. The van der Waals surface area contributed by atoms with Gasteiger partial charge in [-0.1, -0.05) is 30.3 Å². The van der Waals surface area contributed by atoms with E-state index in [0.717, 1.165) is 12.0 Å². The molecule has 1 fully saturated rings. The molecule has 1 aliphatic rings. The van der Waals surface area contributed by atoms with Crippen LogP contribution in [0, 0.1) is 0 Å². The lowest BCUT2D eigenvalue weighted by molar-refractivity contribution is 0.186. The number of rotatable bonds is 6. The number of hydrogen-bond donors (Lipinski definition) is 1. The summed E-state index contributed by atoms with van der Waals surface area (Å²) in [5.74, 6) is -0.0715. The fourth-order valence-electron chi connectivity index (χ4n) is 2.73. The fourth-order valence-corrected chi connectivity index (χ4v) is 3.83. The summed E-state index contributed by atoms with van der Waals surface area (Å²) in [6.45, 7) is 1.09. The lowest BCUT2D eigenvalue weighted by Gasteiger charge is -2.14. The number of aromatic nitrogens is 1. The zero-order valence-electron chi connectivity index (χ0n) is 13.2. The van der Waals surface area contributed by atoms with Crippen molar-refractivity contribution in [2.24, 2.45) is 0 Å². The molecule has 1 N–H and O–H groups in total. The third-order valence-electron chi connectivity index (χ3n) is 4.04. The summed E-state index contributed by atoms with van der Waals surface area (Å²) in [5.41, 5.74) is 0.685. The minimum absolute atomic E-state index is 0.0359. The van der Waals surface area contributed by atoms with Crippen molar-refractivity contribution in [3.05, 3.63) is 64.6 Å². The molecule has 2 heterocycles. The Labute approximate surface area is 141 Å². The van der Waals surface area contributed by atoms with Gasteiger partial charge in [-0.15, -0.1) is 0 Å². The van der Waals surface area contributed by atoms with Crippen LogP contribution in [-0.4, -0.2) is 32.0 Å². The highest BCUT2D eigenvalue weighted by Gasteiger charge is 2.20. The minimum atomic E-state index is -3.59. The number of aryl methyl sites for hydroxylation is 1. The van der Waals surface area contributed by atoms with Crippen LogP contribution in [0.15, 0.2) is 53.5 Å². The predicted octanol–water partition coefficient (Wildman–Crippen LogP) is 1.79. The topological polar surface area (TPSA) is 77.4 Å². The van der Waals surface area contributed by atoms with Gasteiger partial charge in [-0.3, -0.25) is 9.52 Å². The van der Waals surface area contributed by atoms with Crippen molar-refractivity contribution in [3.63, 3.8) is 0 Å². The van der Waals surface area contributed by atoms with Crippen LogP contribution in [0.5, 0.6) is 0 Å². The normalized spacial score (nSPS) is 17.8. The van der Waals surface area contributed by atoms with E-state index in [1.807, 2.05) is 30.3 Å². The Morgan fingerprint density at radius 1 is 1.17 bits per heavy atom. The molecule has 0 radical (unpaired) electrons. The monoisotopic (exact) mass is 348 g/mol. The van der Waals surface area contributed by atoms with Crippen LogP contribution >= 0.6 is 0 Å². The Morgan fingerprint density at radius 3 is 2.67 bits per heavy atom. The molecule has 1 aromatic carbocycles. The number of pyridine rings is 1. The largest absolute Gasteiger partial charge is 0.379 e. The fraction of sp³-hybridized carbons (Fsp3) is 0.353. The van der Waals surface area contributed by atoms with Gasteiger partial charge in [0.15, 0.2) is 0 Å². The van der Waals surface area contributed by atoms with Crippen LogP contribution in [0.2, 0.25) is 0 Å². The summed E-state index contributed by atoms with van der Waals surface area (Å²) in [6, 6.07) is 12.5. The van der Waals surface area contributed by atoms with Gasteiger partial charge < -0.3 is 9.30 Å². The van der Waals surface area contributed by atoms with Gasteiger partial charge in [0.2, 0.25) is 10.0 Å². The Hall–Kier alpha value is -2.12. The first-order valence-electron chi connectivity index (χ1n) is 7.88. The number of benzene rings is 1. The quantitative estimate of drug-likeness (QED) is 0.863. The van der Waals surface area contributed by atoms with Gasteiger partial charge in [-0.05, 0) is 30.5 Å². The van der Waals surface area contributed by atoms with E-state index < -0.39 is 10.0 Å². The summed E-state index contributed by atoms with van der Waals surface area (Å²) in [6.07, 6.45) is 2.82. The van der Waals surface area contributed by atoms with Gasteiger partial charge in [0, 0.05) is 12.8 Å². The maximum absolute atomic E-state index is 12.5. The Kier molecular flexibility index (Phi) is 5.01. The van der Waals surface area contributed by atoms with Crippen molar-refractivity contribution in [1.29, 1.82) is 0 Å². The summed E-state index contributed by atoms with van der Waals surface area (Å²) in [4.78, 5) is 12.5. The van der Waals surface area contributed by atoms with E-state index >= 15 is 0 Å². The van der Waals surface area contributed by atoms with Crippen molar-refractivity contribution in [2.75, 3.05) is 23.7 Å². The summed E-state index contributed by atoms with van der Waals surface area (Å²) in [7, 11) is -3.59. The molecule has 0 amide bonds. The highest BCUT2D eigenvalue weighted by atomic mass is 32.2. The highest BCUT2D eigenvalue weighted by Crippen LogP contribution is 2.17. The second-order valence-electron chi connectivity index (χ2n) is 5.81. The molecule has 7 heteroatoms. The van der Waals surface area contributed by atoms with Crippen LogP contribution in [0.4, 0.5) is 5.69 Å². The van der Waals surface area contributed by atoms with Gasteiger partial charge in [0.1, 0.15) is 5.69 Å². The maximum atomic E-state index is 12.5. The first kappa shape index (κ1) is 16.7. The minimum Gasteiger partial charge on any atom is -0.379 e. The number of sulfonamides is 1. The maximum Gasteiger partial charge on any atom is 0.275 e. The van der Waals surface area contributed by atoms with Crippen molar-refractivity contribution in [1.82, 2.24) is 4.57 Å². The molecule has 3 rings (SSSR count). The van der Waals surface area contributed by atoms with Crippen molar-refractivity contribution in [2.45, 2.75) is 18.9 Å². The summed E-state index contributed by atoms with van der Waals surface area (Å²) in [5, 5.41) is 0. The van der Waals surface area contributed by atoms with Crippen molar-refractivity contribution < 1.29 is 13.2 Å². The third kappa shape index (κ3) is 4.04. The predicted molar refractivity (Wildman–Crippen MR) is 92.7 cm³/mol. The van der Waals surface area contributed by atoms with Crippen LogP contribution in [0.3, 0.4) is 0 Å². The molecular formula is C17H20N2O4S. The lowest BCUT2D eigenvalue weighted by atomic mass is 10.2. The standard InChI is InChI=1S/C17H20N2O4S/c20-17-16(7-4-10-19(17)15-8-11-23-13-15)18-24(21,22)12-9-14-5-2-1-3-6-14/h1-7,10,15,18H,8-9,11-13H2. The van der Waals surface area contributed by atoms with E-state index in [1.165, 1.54) is 6.07 Å². The second kappa shape index (κ2) is 7.19. The Balaban J connectivity index is 1.72. The molecule has 1 atom stereocenters. The average molecular weight is 348 g/mol. The zero-order chi connectivity index (χ0) is 17.0. The van der Waals surface area contributed by atoms with Crippen LogP contribution in [-0.2, 0) is 21.2 Å². The molecule has 1 aromatic heterocycles. The molecule has 24 heavy (non-hydrogen) atoms. The molecule has 1 unspecified atom stereocenters. The summed E-state index contributed by atoms with van der Waals surface area (Å²) >= 11 is 0. The summed E-state index contributed by atoms with van der Waals surface area (Å²) < 4.78 is 33.8. The van der Waals surface area contributed by atoms with Gasteiger partial charge in [-0.2, -0.15) is 0 Å². The van der Waals surface area contributed by atoms with Crippen LogP contribution in [0.25, 0.3) is 0 Å². The molecule has 128 valence electrons. The first-order chi connectivity index (χ1) is 11.6. The van der Waals surface area contributed by atoms with E-state index in [1.54, 1.807) is 16.8 Å². The number of nitrogens with zero attached hydrogens (tertiary/aromatic N) is 1. The Bertz CT molecular complexity index is 840. The molecule has 6 nitrogen and oxygen atoms in total. The molecule has 1 saturated heterocycles. The van der Waals surface area contributed by atoms with Gasteiger partial charge in [0.05, 0.1) is 18.4 Å². The van der Waals surface area contributed by atoms with Gasteiger partial charge in [-0.25, -0.2) is 8.42 Å². The van der Waals surface area contributed by atoms with E-state index in [9.17, 15) is 13.2 Å². The molecule has 0 bridgehead atoms. The molecular weight excluding hydrogens is 328 g/mol. The van der Waals surface area contributed by atoms with E-state index in [2.05, 4.69) is 4.72 Å². The highest BCUT2D eigenvalue weighted by molar-refractivity contribution is 7.92. The van der Waals surface area contributed by atoms with Gasteiger partial charge >= 0.3 is 0 Å². The van der Waals surface area contributed by atoms with Crippen LogP contribution in [0.1, 0.15) is 18.0 Å². The van der Waals surface area contributed by atoms with Crippen molar-refractivity contribution >= 4 is 15.7 Å². The molecule has 0 saturated carbocycles. The molecule has 0 spiro atoms. The first-order valence-corrected chi connectivity index (χ1v) is 9.54. The average Bonchev–Trinajstić information content (AvgIpc) is 3.10. The van der Waals surface area contributed by atoms with Crippen LogP contribution < -0.4 is 10.3 Å². The molecule has 2 aromatic rings. The molecule has 0 aliphatic carbocycles. The van der Waals surface area contributed by atoms with E-state index in [0.29, 0.717) is 19.6 Å².